The zero-order valence-electron chi connectivity index (χ0n) is 12.5. The molecule has 0 aromatic rings. The van der Waals surface area contributed by atoms with Crippen LogP contribution in [0, 0.1) is 5.92 Å². The fourth-order valence-corrected chi connectivity index (χ4v) is 6.81. The zero-order chi connectivity index (χ0) is 14.2. The van der Waals surface area contributed by atoms with E-state index in [0.717, 1.165) is 5.92 Å². The van der Waals surface area contributed by atoms with Gasteiger partial charge in [-0.2, -0.15) is 0 Å². The number of carbonyl (C=O) groups is 1. The maximum absolute atomic E-state index is 12.3. The predicted molar refractivity (Wildman–Crippen MR) is 95.1 cm³/mol. The molecule has 1 saturated carbocycles. The first-order chi connectivity index (χ1) is 8.80. The number of hydrogen-bond donors (Lipinski definition) is 0. The molecule has 0 spiro atoms. The molecule has 1 saturated heterocycles. The Morgan fingerprint density at radius 1 is 1.42 bits per heavy atom. The Morgan fingerprint density at radius 3 is 2.74 bits per heavy atom. The van der Waals surface area contributed by atoms with E-state index in [1.54, 1.807) is 11.8 Å². The van der Waals surface area contributed by atoms with Gasteiger partial charge in [0.15, 0.2) is 0 Å². The molecule has 1 aliphatic heterocycles. The first-order valence-electron chi connectivity index (χ1n) is 7.48. The first kappa shape index (κ1) is 16.0. The van der Waals surface area contributed by atoms with Gasteiger partial charge in [-0.05, 0) is 42.3 Å². The molecule has 1 heterocycles. The molecule has 4 atom stereocenters. The van der Waals surface area contributed by atoms with Gasteiger partial charge in [-0.3, -0.25) is 4.79 Å². The van der Waals surface area contributed by atoms with Gasteiger partial charge in [-0.25, -0.2) is 0 Å². The Hall–Kier alpha value is 0.615. The van der Waals surface area contributed by atoms with Crippen molar-refractivity contribution in [3.63, 3.8) is 0 Å². The quantitative estimate of drug-likeness (QED) is 0.385. The smallest absolute Gasteiger partial charge is 0.282 e. The van der Waals surface area contributed by atoms with Gasteiger partial charge in [0.2, 0.25) is 0 Å². The average molecular weight is 393 g/mol. The third-order valence-electron chi connectivity index (χ3n) is 4.40. The van der Waals surface area contributed by atoms with Crippen LogP contribution in [0.3, 0.4) is 0 Å². The number of halogens is 1. The summed E-state index contributed by atoms with van der Waals surface area (Å²) in [6, 6.07) is 0.811. The van der Waals surface area contributed by atoms with E-state index < -0.39 is 0 Å². The highest BCUT2D eigenvalue weighted by Gasteiger charge is 2.44. The summed E-state index contributed by atoms with van der Waals surface area (Å²) in [5.74, 6) is 0.814. The van der Waals surface area contributed by atoms with Crippen LogP contribution >= 0.6 is 34.4 Å². The molecule has 2 rings (SSSR count). The zero-order valence-corrected chi connectivity index (χ0v) is 15.5. The number of carbonyl (C=O) groups excluding carboxylic acids is 1. The second-order valence-electron chi connectivity index (χ2n) is 6.85. The summed E-state index contributed by atoms with van der Waals surface area (Å²) in [6.45, 7) is 6.69. The van der Waals surface area contributed by atoms with Crippen LogP contribution in [0.15, 0.2) is 0 Å². The summed E-state index contributed by atoms with van der Waals surface area (Å²) >= 11 is 4.23. The van der Waals surface area contributed by atoms with Gasteiger partial charge < -0.3 is 4.90 Å². The van der Waals surface area contributed by atoms with Gasteiger partial charge in [0, 0.05) is 17.3 Å². The molecule has 2 aliphatic rings. The maximum atomic E-state index is 12.3. The van der Waals surface area contributed by atoms with E-state index in [4.69, 9.17) is 0 Å². The highest BCUT2D eigenvalue weighted by molar-refractivity contribution is 14.1. The lowest BCUT2D eigenvalue weighted by Crippen LogP contribution is -2.42. The number of thioether (sulfide) groups is 1. The second-order valence-corrected chi connectivity index (χ2v) is 10.6. The van der Waals surface area contributed by atoms with Gasteiger partial charge >= 0.3 is 0 Å². The van der Waals surface area contributed by atoms with Crippen LogP contribution < -0.4 is 0 Å². The maximum Gasteiger partial charge on any atom is 0.282 e. The largest absolute Gasteiger partial charge is 0.327 e. The number of nitrogens with zero attached hydrogens (tertiary/aromatic N) is 1. The van der Waals surface area contributed by atoms with Crippen LogP contribution in [0.25, 0.3) is 0 Å². The first-order valence-corrected chi connectivity index (χ1v) is 9.44. The highest BCUT2D eigenvalue weighted by Crippen LogP contribution is 2.44. The molecule has 0 aromatic carbocycles. The van der Waals surface area contributed by atoms with Crippen molar-refractivity contribution in [2.75, 3.05) is 0 Å². The fraction of sp³-hybridized carbons (Fsp3) is 0.929. The molecule has 19 heavy (non-hydrogen) atoms. The minimum atomic E-state index is 0.311. The van der Waals surface area contributed by atoms with Crippen molar-refractivity contribution in [1.82, 2.24) is 4.90 Å². The van der Waals surface area contributed by atoms with Crippen molar-refractivity contribution in [2.24, 2.45) is 5.92 Å². The summed E-state index contributed by atoms with van der Waals surface area (Å²) in [5, 5.41) is 0.813. The average Bonchev–Trinajstić information content (AvgIpc) is 2.53. The van der Waals surface area contributed by atoms with E-state index in [1.165, 1.54) is 32.1 Å². The summed E-state index contributed by atoms with van der Waals surface area (Å²) in [5.41, 5.74) is 0. The molecule has 5 heteroatoms. The van der Waals surface area contributed by atoms with Crippen molar-refractivity contribution < 1.29 is 4.79 Å². The number of alkyl halides is 1. The van der Waals surface area contributed by atoms with E-state index in [2.05, 4.69) is 56.1 Å². The van der Waals surface area contributed by atoms with Crippen LogP contribution in [-0.2, 0) is 0 Å². The standard InChI is InChI=1S/C14H25BINOS/c1-9(2)17-11-6-4-5-10(3)7-14(15,16)8-12(11)19-13(17)18/h9-12H,4-8,15H2,1-3H3. The van der Waals surface area contributed by atoms with Gasteiger partial charge in [-0.1, -0.05) is 54.1 Å². The SMILES string of the molecule is BC1(I)CC(C)CCCC2C(C1)SC(=O)N2C(C)C. The van der Waals surface area contributed by atoms with E-state index in [1.807, 2.05) is 0 Å². The Balaban J connectivity index is 2.19. The number of fused-ring (bicyclic) bond motifs is 1. The van der Waals surface area contributed by atoms with Gasteiger partial charge in [0.25, 0.3) is 5.24 Å². The number of rotatable bonds is 1. The van der Waals surface area contributed by atoms with Crippen molar-refractivity contribution in [3.05, 3.63) is 0 Å². The lowest BCUT2D eigenvalue weighted by Gasteiger charge is -2.32. The highest BCUT2D eigenvalue weighted by atomic mass is 127. The van der Waals surface area contributed by atoms with Crippen molar-refractivity contribution in [1.29, 1.82) is 0 Å². The monoisotopic (exact) mass is 393 g/mol. The molecule has 2 fully saturated rings. The molecular formula is C14H25BINOS. The molecule has 1 aliphatic carbocycles. The Labute approximate surface area is 136 Å². The predicted octanol–water partition coefficient (Wildman–Crippen LogP) is 3.67. The van der Waals surface area contributed by atoms with Crippen LogP contribution in [0.4, 0.5) is 4.79 Å². The summed E-state index contributed by atoms with van der Waals surface area (Å²) in [7, 11) is 2.37. The van der Waals surface area contributed by atoms with Crippen LogP contribution in [0.1, 0.15) is 52.9 Å². The molecule has 108 valence electrons. The lowest BCUT2D eigenvalue weighted by molar-refractivity contribution is 0.177. The van der Waals surface area contributed by atoms with Gasteiger partial charge in [0.1, 0.15) is 7.85 Å². The molecule has 0 N–H and O–H groups in total. The minimum absolute atomic E-state index is 0.311. The third kappa shape index (κ3) is 3.83. The molecule has 0 aromatic heterocycles. The molecule has 0 radical (unpaired) electrons. The fourth-order valence-electron chi connectivity index (χ4n) is 3.69. The molecular weight excluding hydrogens is 368 g/mol. The summed E-state index contributed by atoms with van der Waals surface area (Å²) < 4.78 is 0.338. The van der Waals surface area contributed by atoms with Crippen molar-refractivity contribution >= 4 is 47.4 Å². The Kier molecular flexibility index (Phi) is 5.19. The molecule has 4 unspecified atom stereocenters. The second kappa shape index (κ2) is 6.16. The number of hydrogen-bond acceptors (Lipinski definition) is 2. The van der Waals surface area contributed by atoms with Crippen molar-refractivity contribution in [2.45, 2.75) is 73.5 Å². The minimum Gasteiger partial charge on any atom is -0.327 e. The Morgan fingerprint density at radius 2 is 2.11 bits per heavy atom. The third-order valence-corrected chi connectivity index (χ3v) is 6.48. The van der Waals surface area contributed by atoms with E-state index in [9.17, 15) is 4.79 Å². The van der Waals surface area contributed by atoms with E-state index in [-0.39, 0.29) is 0 Å². The summed E-state index contributed by atoms with van der Waals surface area (Å²) in [4.78, 5) is 14.4. The number of amides is 1. The Bertz CT molecular complexity index is 350. The normalized spacial score (nSPS) is 40.8. The topological polar surface area (TPSA) is 20.3 Å². The molecule has 2 nitrogen and oxygen atoms in total. The van der Waals surface area contributed by atoms with Crippen molar-refractivity contribution in [3.8, 4) is 0 Å². The summed E-state index contributed by atoms with van der Waals surface area (Å²) in [6.07, 6.45) is 6.23. The van der Waals surface area contributed by atoms with Crippen LogP contribution in [0.2, 0.25) is 0 Å². The van der Waals surface area contributed by atoms with Crippen LogP contribution in [-0.4, -0.2) is 38.6 Å². The lowest BCUT2D eigenvalue weighted by atomic mass is 9.76. The van der Waals surface area contributed by atoms with Crippen LogP contribution in [0.5, 0.6) is 0 Å². The molecule has 0 bridgehead atoms. The van der Waals surface area contributed by atoms with E-state index in [0.29, 0.717) is 25.9 Å². The van der Waals surface area contributed by atoms with Gasteiger partial charge in [-0.15, -0.1) is 0 Å². The molecule has 1 amide bonds. The van der Waals surface area contributed by atoms with Gasteiger partial charge in [0.05, 0.1) is 0 Å². The van der Waals surface area contributed by atoms with E-state index >= 15 is 0 Å².